The molecule has 1 aliphatic heterocycles. The number of para-hydroxylation sites is 1. The van der Waals surface area contributed by atoms with Gasteiger partial charge in [0.2, 0.25) is 0 Å². The Labute approximate surface area is 156 Å². The van der Waals surface area contributed by atoms with Gasteiger partial charge in [0.05, 0.1) is 17.2 Å². The molecule has 1 fully saturated rings. The van der Waals surface area contributed by atoms with Crippen molar-refractivity contribution in [2.24, 2.45) is 5.92 Å². The second-order valence-corrected chi connectivity index (χ2v) is 7.68. The number of aliphatic hydroxyl groups is 1. The third-order valence-corrected chi connectivity index (χ3v) is 5.96. The number of hydrogen-bond acceptors (Lipinski definition) is 3. The van der Waals surface area contributed by atoms with Gasteiger partial charge in [-0.25, -0.2) is 4.79 Å². The van der Waals surface area contributed by atoms with Gasteiger partial charge in [-0.1, -0.05) is 25.5 Å². The molecule has 3 atom stereocenters. The van der Waals surface area contributed by atoms with Gasteiger partial charge in [0.25, 0.3) is 0 Å². The van der Waals surface area contributed by atoms with E-state index in [1.807, 2.05) is 22.8 Å². The Bertz CT molecular complexity index is 758. The highest BCUT2D eigenvalue weighted by Crippen LogP contribution is 2.30. The van der Waals surface area contributed by atoms with Crippen molar-refractivity contribution in [3.8, 4) is 0 Å². The van der Waals surface area contributed by atoms with Crippen molar-refractivity contribution >= 4 is 32.8 Å². The molecule has 1 aromatic carbocycles. The maximum absolute atomic E-state index is 11.6. The van der Waals surface area contributed by atoms with E-state index in [0.29, 0.717) is 11.5 Å². The van der Waals surface area contributed by atoms with Crippen molar-refractivity contribution < 1.29 is 15.0 Å². The average Bonchev–Trinajstić information content (AvgIpc) is 2.97. The first kappa shape index (κ1) is 18.4. The number of carboxylic acid groups (broad SMARTS) is 1. The average molecular weight is 409 g/mol. The van der Waals surface area contributed by atoms with Gasteiger partial charge in [-0.3, -0.25) is 0 Å². The SMILES string of the molecule is CCC(CCn1cc(C(=O)O)c2cccc(Br)c21)[C@H]1NCCC[C@@H]1O. The normalized spacial score (nSPS) is 22.2. The van der Waals surface area contributed by atoms with Gasteiger partial charge >= 0.3 is 5.97 Å². The molecule has 3 rings (SSSR count). The standard InChI is InChI=1S/C19H25BrN2O3/c1-2-12(17-16(23)7-4-9-21-17)8-10-22-11-14(19(24)25)13-5-3-6-15(20)18(13)22/h3,5-6,11-12,16-17,21,23H,2,4,7-10H2,1H3,(H,24,25)/t12?,16-,17+/m0/s1. The topological polar surface area (TPSA) is 74.5 Å². The summed E-state index contributed by atoms with van der Waals surface area (Å²) in [6, 6.07) is 5.78. The second-order valence-electron chi connectivity index (χ2n) is 6.82. The van der Waals surface area contributed by atoms with Crippen LogP contribution < -0.4 is 5.32 Å². The molecule has 2 heterocycles. The number of aromatic nitrogens is 1. The highest BCUT2D eigenvalue weighted by molar-refractivity contribution is 9.10. The lowest BCUT2D eigenvalue weighted by Crippen LogP contribution is -2.49. The smallest absolute Gasteiger partial charge is 0.337 e. The minimum atomic E-state index is -0.904. The van der Waals surface area contributed by atoms with Gasteiger partial charge in [0.1, 0.15) is 0 Å². The van der Waals surface area contributed by atoms with Gasteiger partial charge in [0, 0.05) is 28.6 Å². The highest BCUT2D eigenvalue weighted by Gasteiger charge is 2.29. The summed E-state index contributed by atoms with van der Waals surface area (Å²) in [5.41, 5.74) is 1.26. The maximum Gasteiger partial charge on any atom is 0.337 e. The predicted molar refractivity (Wildman–Crippen MR) is 102 cm³/mol. The summed E-state index contributed by atoms with van der Waals surface area (Å²) in [5.74, 6) is -0.540. The number of nitrogens with zero attached hydrogens (tertiary/aromatic N) is 1. The zero-order chi connectivity index (χ0) is 18.0. The van der Waals surface area contributed by atoms with Crippen LogP contribution in [0.1, 0.15) is 43.0 Å². The molecule has 1 saturated heterocycles. The first-order valence-corrected chi connectivity index (χ1v) is 9.74. The molecule has 25 heavy (non-hydrogen) atoms. The first-order valence-electron chi connectivity index (χ1n) is 8.95. The molecular weight excluding hydrogens is 384 g/mol. The van der Waals surface area contributed by atoms with Gasteiger partial charge < -0.3 is 20.1 Å². The molecule has 0 amide bonds. The number of piperidine rings is 1. The lowest BCUT2D eigenvalue weighted by atomic mass is 9.86. The molecule has 1 aromatic heterocycles. The molecule has 0 spiro atoms. The molecular formula is C19H25BrN2O3. The summed E-state index contributed by atoms with van der Waals surface area (Å²) < 4.78 is 2.93. The lowest BCUT2D eigenvalue weighted by Gasteiger charge is -2.35. The molecule has 0 radical (unpaired) electrons. The van der Waals surface area contributed by atoms with Crippen molar-refractivity contribution in [2.75, 3.05) is 6.54 Å². The summed E-state index contributed by atoms with van der Waals surface area (Å²) in [4.78, 5) is 11.6. The molecule has 6 heteroatoms. The van der Waals surface area contributed by atoms with Crippen molar-refractivity contribution in [2.45, 2.75) is 51.3 Å². The van der Waals surface area contributed by atoms with Crippen molar-refractivity contribution in [1.82, 2.24) is 9.88 Å². The number of carboxylic acids is 1. The highest BCUT2D eigenvalue weighted by atomic mass is 79.9. The number of rotatable bonds is 6. The zero-order valence-corrected chi connectivity index (χ0v) is 16.0. The van der Waals surface area contributed by atoms with Gasteiger partial charge in [-0.05, 0) is 53.7 Å². The van der Waals surface area contributed by atoms with Crippen LogP contribution in [0.2, 0.25) is 0 Å². The summed E-state index contributed by atoms with van der Waals surface area (Å²) >= 11 is 3.55. The number of fused-ring (bicyclic) bond motifs is 1. The molecule has 1 aliphatic rings. The molecule has 1 unspecified atom stereocenters. The zero-order valence-electron chi connectivity index (χ0n) is 14.4. The summed E-state index contributed by atoms with van der Waals surface area (Å²) in [5, 5.41) is 24.0. The van der Waals surface area contributed by atoms with Crippen LogP contribution in [-0.2, 0) is 6.54 Å². The molecule has 136 valence electrons. The first-order chi connectivity index (χ1) is 12.0. The number of aryl methyl sites for hydroxylation is 1. The van der Waals surface area contributed by atoms with Crippen LogP contribution >= 0.6 is 15.9 Å². The Morgan fingerprint density at radius 1 is 1.48 bits per heavy atom. The molecule has 3 N–H and O–H groups in total. The van der Waals surface area contributed by atoms with E-state index in [2.05, 4.69) is 28.2 Å². The van der Waals surface area contributed by atoms with Crippen LogP contribution in [0.4, 0.5) is 0 Å². The van der Waals surface area contributed by atoms with E-state index in [0.717, 1.165) is 54.1 Å². The van der Waals surface area contributed by atoms with E-state index in [1.165, 1.54) is 0 Å². The number of aliphatic hydroxyl groups excluding tert-OH is 1. The van der Waals surface area contributed by atoms with Crippen molar-refractivity contribution in [1.29, 1.82) is 0 Å². The summed E-state index contributed by atoms with van der Waals surface area (Å²) in [6.07, 6.45) is 5.20. The number of aromatic carboxylic acids is 1. The lowest BCUT2D eigenvalue weighted by molar-refractivity contribution is 0.0632. The Balaban J connectivity index is 1.84. The summed E-state index contributed by atoms with van der Waals surface area (Å²) in [7, 11) is 0. The van der Waals surface area contributed by atoms with Gasteiger partial charge in [-0.2, -0.15) is 0 Å². The number of benzene rings is 1. The molecule has 0 bridgehead atoms. The molecule has 0 aliphatic carbocycles. The third kappa shape index (κ3) is 3.76. The quantitative estimate of drug-likeness (QED) is 0.681. The van der Waals surface area contributed by atoms with E-state index in [9.17, 15) is 15.0 Å². The van der Waals surface area contributed by atoms with Crippen LogP contribution in [0.15, 0.2) is 28.9 Å². The fourth-order valence-corrected chi connectivity index (χ4v) is 4.57. The fourth-order valence-electron chi connectivity index (χ4n) is 3.98. The van der Waals surface area contributed by atoms with Crippen LogP contribution in [0.25, 0.3) is 10.9 Å². The minimum Gasteiger partial charge on any atom is -0.478 e. The van der Waals surface area contributed by atoms with Gasteiger partial charge in [-0.15, -0.1) is 0 Å². The predicted octanol–water partition coefficient (Wildman–Crippen LogP) is 3.63. The minimum absolute atomic E-state index is 0.128. The fraction of sp³-hybridized carbons (Fsp3) is 0.526. The third-order valence-electron chi connectivity index (χ3n) is 5.32. The molecule has 0 saturated carbocycles. The number of nitrogens with one attached hydrogen (secondary N) is 1. The second kappa shape index (κ2) is 7.89. The Morgan fingerprint density at radius 2 is 2.28 bits per heavy atom. The monoisotopic (exact) mass is 408 g/mol. The molecule has 5 nitrogen and oxygen atoms in total. The maximum atomic E-state index is 11.6. The van der Waals surface area contributed by atoms with E-state index in [-0.39, 0.29) is 12.1 Å². The van der Waals surface area contributed by atoms with Crippen LogP contribution in [0.5, 0.6) is 0 Å². The largest absolute Gasteiger partial charge is 0.478 e. The van der Waals surface area contributed by atoms with Crippen LogP contribution in [-0.4, -0.2) is 39.4 Å². The van der Waals surface area contributed by atoms with Gasteiger partial charge in [0.15, 0.2) is 0 Å². The van der Waals surface area contributed by atoms with Crippen LogP contribution in [0, 0.1) is 5.92 Å². The van der Waals surface area contributed by atoms with Crippen molar-refractivity contribution in [3.63, 3.8) is 0 Å². The Kier molecular flexibility index (Phi) is 5.81. The Morgan fingerprint density at radius 3 is 2.96 bits per heavy atom. The summed E-state index contributed by atoms with van der Waals surface area (Å²) in [6.45, 7) is 3.84. The van der Waals surface area contributed by atoms with E-state index in [1.54, 1.807) is 6.20 Å². The van der Waals surface area contributed by atoms with Crippen LogP contribution in [0.3, 0.4) is 0 Å². The number of carbonyl (C=O) groups is 1. The van der Waals surface area contributed by atoms with E-state index in [4.69, 9.17) is 0 Å². The molecule has 2 aromatic rings. The van der Waals surface area contributed by atoms with Crippen molar-refractivity contribution in [3.05, 3.63) is 34.4 Å². The van der Waals surface area contributed by atoms with E-state index < -0.39 is 5.97 Å². The number of hydrogen-bond donors (Lipinski definition) is 3. The Hall–Kier alpha value is -1.37. The number of halogens is 1. The van der Waals surface area contributed by atoms with E-state index >= 15 is 0 Å².